The fraction of sp³-hybridized carbons (Fsp3) is 0.562. The predicted molar refractivity (Wildman–Crippen MR) is 81.3 cm³/mol. The summed E-state index contributed by atoms with van der Waals surface area (Å²) in [5.41, 5.74) is 1.89. The van der Waals surface area contributed by atoms with Crippen molar-refractivity contribution in [3.05, 3.63) is 29.8 Å². The van der Waals surface area contributed by atoms with E-state index in [1.165, 1.54) is 0 Å². The average molecular weight is 276 g/mol. The fourth-order valence-corrected chi connectivity index (χ4v) is 2.62. The molecular formula is C16H24N2O2. The lowest BCUT2D eigenvalue weighted by Gasteiger charge is -2.31. The third kappa shape index (κ3) is 3.51. The number of carbonyl (C=O) groups excluding carboxylic acids is 1. The molecule has 0 atom stereocenters. The van der Waals surface area contributed by atoms with E-state index in [9.17, 15) is 4.79 Å². The van der Waals surface area contributed by atoms with E-state index >= 15 is 0 Å². The van der Waals surface area contributed by atoms with E-state index in [1.54, 1.807) is 7.11 Å². The highest BCUT2D eigenvalue weighted by molar-refractivity contribution is 5.94. The molecule has 0 saturated carbocycles. The third-order valence-electron chi connectivity index (χ3n) is 3.93. The maximum atomic E-state index is 12.4. The van der Waals surface area contributed by atoms with Gasteiger partial charge in [-0.2, -0.15) is 0 Å². The van der Waals surface area contributed by atoms with Crippen LogP contribution in [-0.2, 0) is 4.74 Å². The van der Waals surface area contributed by atoms with Gasteiger partial charge in [-0.25, -0.2) is 0 Å². The normalized spacial score (nSPS) is 16.2. The van der Waals surface area contributed by atoms with Crippen LogP contribution in [0.3, 0.4) is 0 Å². The lowest BCUT2D eigenvalue weighted by molar-refractivity contribution is 0.0613. The Morgan fingerprint density at radius 2 is 1.85 bits per heavy atom. The molecule has 0 spiro atoms. The Labute approximate surface area is 121 Å². The predicted octanol–water partition coefficient (Wildman–Crippen LogP) is 2.25. The molecule has 1 fully saturated rings. The van der Waals surface area contributed by atoms with Crippen molar-refractivity contribution in [3.8, 4) is 0 Å². The van der Waals surface area contributed by atoms with E-state index in [1.807, 2.05) is 48.2 Å². The Balaban J connectivity index is 1.95. The summed E-state index contributed by atoms with van der Waals surface area (Å²) in [6.07, 6.45) is 2.07. The van der Waals surface area contributed by atoms with Gasteiger partial charge >= 0.3 is 0 Å². The monoisotopic (exact) mass is 276 g/mol. The molecule has 1 saturated heterocycles. The molecule has 4 nitrogen and oxygen atoms in total. The lowest BCUT2D eigenvalue weighted by atomic mass is 9.97. The minimum atomic E-state index is 0.145. The molecule has 0 radical (unpaired) electrons. The summed E-state index contributed by atoms with van der Waals surface area (Å²) in [5, 5.41) is 0. The van der Waals surface area contributed by atoms with Gasteiger partial charge in [0.2, 0.25) is 0 Å². The number of amides is 1. The van der Waals surface area contributed by atoms with Crippen LogP contribution in [0, 0.1) is 5.92 Å². The number of likely N-dealkylation sites (tertiary alicyclic amines) is 1. The van der Waals surface area contributed by atoms with Crippen LogP contribution in [-0.4, -0.2) is 51.7 Å². The molecule has 1 heterocycles. The van der Waals surface area contributed by atoms with Gasteiger partial charge < -0.3 is 14.5 Å². The first-order chi connectivity index (χ1) is 9.61. The topological polar surface area (TPSA) is 32.8 Å². The van der Waals surface area contributed by atoms with E-state index in [0.717, 1.165) is 43.8 Å². The molecule has 2 rings (SSSR count). The zero-order valence-electron chi connectivity index (χ0n) is 12.6. The first kappa shape index (κ1) is 14.9. The molecule has 0 N–H and O–H groups in total. The van der Waals surface area contributed by atoms with Crippen LogP contribution in [0.15, 0.2) is 24.3 Å². The van der Waals surface area contributed by atoms with Crippen LogP contribution < -0.4 is 4.90 Å². The maximum absolute atomic E-state index is 12.4. The Hall–Kier alpha value is -1.55. The highest BCUT2D eigenvalue weighted by Gasteiger charge is 2.23. The van der Waals surface area contributed by atoms with E-state index in [0.29, 0.717) is 5.92 Å². The standard InChI is InChI=1S/C16H24N2O2/c1-17(2)15-6-4-14(5-7-15)16(19)18-10-8-13(9-11-18)12-20-3/h4-7,13H,8-12H2,1-3H3. The number of hydrogen-bond acceptors (Lipinski definition) is 3. The van der Waals surface area contributed by atoms with Crippen molar-refractivity contribution in [2.75, 3.05) is 45.8 Å². The molecule has 110 valence electrons. The molecule has 1 aromatic rings. The quantitative estimate of drug-likeness (QED) is 0.845. The van der Waals surface area contributed by atoms with E-state index < -0.39 is 0 Å². The van der Waals surface area contributed by atoms with Gasteiger partial charge in [-0.15, -0.1) is 0 Å². The fourth-order valence-electron chi connectivity index (χ4n) is 2.62. The number of ether oxygens (including phenoxy) is 1. The van der Waals surface area contributed by atoms with Crippen molar-refractivity contribution >= 4 is 11.6 Å². The average Bonchev–Trinajstić information content (AvgIpc) is 2.48. The number of anilines is 1. The summed E-state index contributed by atoms with van der Waals surface area (Å²) in [7, 11) is 5.73. The summed E-state index contributed by atoms with van der Waals surface area (Å²) in [4.78, 5) is 16.4. The van der Waals surface area contributed by atoms with Gasteiger partial charge in [0.05, 0.1) is 0 Å². The molecule has 1 aliphatic rings. The molecule has 0 aromatic heterocycles. The number of benzene rings is 1. The van der Waals surface area contributed by atoms with E-state index in [4.69, 9.17) is 4.74 Å². The summed E-state index contributed by atoms with van der Waals surface area (Å²) in [6, 6.07) is 7.81. The van der Waals surface area contributed by atoms with Gasteiger partial charge in [-0.1, -0.05) is 0 Å². The first-order valence-electron chi connectivity index (χ1n) is 7.17. The number of rotatable bonds is 4. The van der Waals surface area contributed by atoms with Crippen LogP contribution >= 0.6 is 0 Å². The largest absolute Gasteiger partial charge is 0.384 e. The highest BCUT2D eigenvalue weighted by atomic mass is 16.5. The van der Waals surface area contributed by atoms with E-state index in [-0.39, 0.29) is 5.91 Å². The molecule has 0 bridgehead atoms. The van der Waals surface area contributed by atoms with Gasteiger partial charge in [0.15, 0.2) is 0 Å². The Bertz CT molecular complexity index is 434. The molecular weight excluding hydrogens is 252 g/mol. The molecule has 1 amide bonds. The van der Waals surface area contributed by atoms with Crippen LogP contribution in [0.4, 0.5) is 5.69 Å². The number of methoxy groups -OCH3 is 1. The molecule has 1 aliphatic heterocycles. The minimum Gasteiger partial charge on any atom is -0.384 e. The molecule has 20 heavy (non-hydrogen) atoms. The van der Waals surface area contributed by atoms with Gasteiger partial charge in [0, 0.05) is 52.2 Å². The van der Waals surface area contributed by atoms with Crippen LogP contribution in [0.25, 0.3) is 0 Å². The van der Waals surface area contributed by atoms with Gasteiger partial charge in [-0.05, 0) is 43.0 Å². The molecule has 1 aromatic carbocycles. The van der Waals surface area contributed by atoms with Crippen LogP contribution in [0.2, 0.25) is 0 Å². The number of carbonyl (C=O) groups is 1. The molecule has 0 unspecified atom stereocenters. The zero-order valence-corrected chi connectivity index (χ0v) is 12.6. The van der Waals surface area contributed by atoms with Crippen LogP contribution in [0.1, 0.15) is 23.2 Å². The second-order valence-corrected chi connectivity index (χ2v) is 5.63. The summed E-state index contributed by atoms with van der Waals surface area (Å²) < 4.78 is 5.19. The van der Waals surface area contributed by atoms with Crippen molar-refractivity contribution in [2.24, 2.45) is 5.92 Å². The SMILES string of the molecule is COCC1CCN(C(=O)c2ccc(N(C)C)cc2)CC1. The number of nitrogens with zero attached hydrogens (tertiary/aromatic N) is 2. The first-order valence-corrected chi connectivity index (χ1v) is 7.17. The summed E-state index contributed by atoms with van der Waals surface area (Å²) in [6.45, 7) is 2.48. The molecule has 4 heteroatoms. The van der Waals surface area contributed by atoms with Crippen molar-refractivity contribution < 1.29 is 9.53 Å². The molecule has 0 aliphatic carbocycles. The smallest absolute Gasteiger partial charge is 0.253 e. The summed E-state index contributed by atoms with van der Waals surface area (Å²) >= 11 is 0. The van der Waals surface area contributed by atoms with Crippen molar-refractivity contribution in [2.45, 2.75) is 12.8 Å². The van der Waals surface area contributed by atoms with E-state index in [2.05, 4.69) is 0 Å². The second-order valence-electron chi connectivity index (χ2n) is 5.63. The van der Waals surface area contributed by atoms with Crippen molar-refractivity contribution in [3.63, 3.8) is 0 Å². The second kappa shape index (κ2) is 6.75. The van der Waals surface area contributed by atoms with Gasteiger partial charge in [-0.3, -0.25) is 4.79 Å². The minimum absolute atomic E-state index is 0.145. The Kier molecular flexibility index (Phi) is 5.01. The zero-order chi connectivity index (χ0) is 14.5. The maximum Gasteiger partial charge on any atom is 0.253 e. The Morgan fingerprint density at radius 1 is 1.25 bits per heavy atom. The van der Waals surface area contributed by atoms with Crippen molar-refractivity contribution in [1.29, 1.82) is 0 Å². The lowest BCUT2D eigenvalue weighted by Crippen LogP contribution is -2.39. The van der Waals surface area contributed by atoms with Gasteiger partial charge in [0.25, 0.3) is 5.91 Å². The third-order valence-corrected chi connectivity index (χ3v) is 3.93. The number of hydrogen-bond donors (Lipinski definition) is 0. The van der Waals surface area contributed by atoms with Crippen LogP contribution in [0.5, 0.6) is 0 Å². The van der Waals surface area contributed by atoms with Gasteiger partial charge in [0.1, 0.15) is 0 Å². The van der Waals surface area contributed by atoms with Crippen molar-refractivity contribution in [1.82, 2.24) is 4.90 Å². The number of piperidine rings is 1. The summed E-state index contributed by atoms with van der Waals surface area (Å²) in [5.74, 6) is 0.742. The Morgan fingerprint density at radius 3 is 2.35 bits per heavy atom. The highest BCUT2D eigenvalue weighted by Crippen LogP contribution is 2.20.